The van der Waals surface area contributed by atoms with E-state index < -0.39 is 17.3 Å². The van der Waals surface area contributed by atoms with Crippen molar-refractivity contribution in [3.8, 4) is 5.75 Å². The number of benzene rings is 1. The first-order valence-electron chi connectivity index (χ1n) is 8.28. The van der Waals surface area contributed by atoms with E-state index >= 15 is 0 Å². The highest BCUT2D eigenvalue weighted by Gasteiger charge is 2.48. The molecule has 1 aliphatic carbocycles. The molecule has 0 spiro atoms. The van der Waals surface area contributed by atoms with Crippen LogP contribution >= 0.6 is 0 Å². The number of hydrogen-bond acceptors (Lipinski definition) is 4. The highest BCUT2D eigenvalue weighted by Crippen LogP contribution is 2.39. The minimum Gasteiger partial charge on any atom is -0.487 e. The number of ether oxygens (including phenoxy) is 1. The summed E-state index contributed by atoms with van der Waals surface area (Å²) in [6.45, 7) is 0.356. The van der Waals surface area contributed by atoms with E-state index in [1.54, 1.807) is 30.5 Å². The predicted molar refractivity (Wildman–Crippen MR) is 92.2 cm³/mol. The van der Waals surface area contributed by atoms with Crippen molar-refractivity contribution in [1.29, 1.82) is 0 Å². The lowest BCUT2D eigenvalue weighted by Crippen LogP contribution is -2.40. The Labute approximate surface area is 145 Å². The van der Waals surface area contributed by atoms with Crippen LogP contribution in [-0.2, 0) is 16.2 Å². The fourth-order valence-electron chi connectivity index (χ4n) is 3.04. The summed E-state index contributed by atoms with van der Waals surface area (Å²) >= 11 is 0. The number of carboxylic acids is 1. The number of aliphatic carboxylic acids is 1. The number of carboxylic acid groups (broad SMARTS) is 1. The first kappa shape index (κ1) is 17.0. The molecule has 2 aromatic rings. The summed E-state index contributed by atoms with van der Waals surface area (Å²) in [5.74, 6) is -0.838. The van der Waals surface area contributed by atoms with E-state index in [9.17, 15) is 14.7 Å². The Hall–Kier alpha value is -2.89. The zero-order chi connectivity index (χ0) is 17.7. The number of carbonyl (C=O) groups is 2. The topological polar surface area (TPSA) is 88.5 Å². The molecule has 25 heavy (non-hydrogen) atoms. The average molecular weight is 340 g/mol. The molecule has 1 heterocycles. The molecule has 1 aliphatic rings. The van der Waals surface area contributed by atoms with Gasteiger partial charge in [0.1, 0.15) is 17.8 Å². The molecule has 0 bridgehead atoms. The van der Waals surface area contributed by atoms with E-state index in [-0.39, 0.29) is 0 Å². The summed E-state index contributed by atoms with van der Waals surface area (Å²) in [4.78, 5) is 28.2. The van der Waals surface area contributed by atoms with Crippen LogP contribution in [0, 0.1) is 5.41 Å². The number of rotatable bonds is 6. The third-order valence-electron chi connectivity index (χ3n) is 4.53. The van der Waals surface area contributed by atoms with Gasteiger partial charge in [0.05, 0.1) is 5.69 Å². The van der Waals surface area contributed by atoms with Crippen molar-refractivity contribution in [3.63, 3.8) is 0 Å². The van der Waals surface area contributed by atoms with Gasteiger partial charge in [-0.2, -0.15) is 0 Å². The van der Waals surface area contributed by atoms with Crippen LogP contribution in [0.25, 0.3) is 0 Å². The molecule has 1 amide bonds. The molecule has 1 aromatic carbocycles. The number of pyridine rings is 1. The van der Waals surface area contributed by atoms with Gasteiger partial charge in [-0.25, -0.2) is 0 Å². The van der Waals surface area contributed by atoms with Crippen molar-refractivity contribution in [2.24, 2.45) is 5.41 Å². The smallest absolute Gasteiger partial charge is 0.319 e. The Kier molecular flexibility index (Phi) is 4.97. The zero-order valence-corrected chi connectivity index (χ0v) is 13.8. The summed E-state index contributed by atoms with van der Waals surface area (Å²) in [5, 5.41) is 12.2. The van der Waals surface area contributed by atoms with Crippen molar-refractivity contribution in [2.75, 3.05) is 5.32 Å². The second-order valence-electron chi connectivity index (χ2n) is 6.18. The lowest BCUT2D eigenvalue weighted by atomic mass is 9.85. The molecule has 0 atom stereocenters. The average Bonchev–Trinajstić information content (AvgIpc) is 3.13. The van der Waals surface area contributed by atoms with Crippen LogP contribution in [0.1, 0.15) is 31.4 Å². The zero-order valence-electron chi connectivity index (χ0n) is 13.8. The molecule has 2 N–H and O–H groups in total. The molecular weight excluding hydrogens is 320 g/mol. The van der Waals surface area contributed by atoms with Crippen LogP contribution in [0.4, 0.5) is 5.69 Å². The maximum Gasteiger partial charge on any atom is 0.319 e. The molecule has 0 radical (unpaired) electrons. The highest BCUT2D eigenvalue weighted by molar-refractivity contribution is 6.08. The van der Waals surface area contributed by atoms with E-state index in [0.29, 0.717) is 30.9 Å². The standard InChI is InChI=1S/C19H20N2O4/c22-17(19(18(23)24)10-2-3-11-19)21-14-6-8-16(9-7-14)25-13-15-5-1-4-12-20-15/h1,4-9,12H,2-3,10-11,13H2,(H,21,22)(H,23,24). The second kappa shape index (κ2) is 7.34. The molecule has 1 saturated carbocycles. The number of carbonyl (C=O) groups excluding carboxylic acids is 1. The van der Waals surface area contributed by atoms with Gasteiger partial charge in [0.15, 0.2) is 0 Å². The van der Waals surface area contributed by atoms with E-state index in [1.807, 2.05) is 18.2 Å². The van der Waals surface area contributed by atoms with Crippen LogP contribution in [0.15, 0.2) is 48.7 Å². The maximum absolute atomic E-state index is 12.4. The molecule has 1 aromatic heterocycles. The van der Waals surface area contributed by atoms with Crippen LogP contribution < -0.4 is 10.1 Å². The number of amides is 1. The summed E-state index contributed by atoms with van der Waals surface area (Å²) in [6, 6.07) is 12.5. The van der Waals surface area contributed by atoms with Gasteiger partial charge in [-0.1, -0.05) is 18.9 Å². The normalized spacial score (nSPS) is 15.5. The predicted octanol–water partition coefficient (Wildman–Crippen LogP) is 3.24. The Bertz CT molecular complexity index is 738. The third kappa shape index (κ3) is 3.79. The molecule has 0 saturated heterocycles. The highest BCUT2D eigenvalue weighted by atomic mass is 16.5. The van der Waals surface area contributed by atoms with Crippen molar-refractivity contribution in [2.45, 2.75) is 32.3 Å². The van der Waals surface area contributed by atoms with Crippen molar-refractivity contribution >= 4 is 17.6 Å². The first-order chi connectivity index (χ1) is 12.1. The summed E-state index contributed by atoms with van der Waals surface area (Å²) < 4.78 is 5.64. The van der Waals surface area contributed by atoms with Crippen molar-refractivity contribution < 1.29 is 19.4 Å². The Balaban J connectivity index is 1.60. The molecule has 130 valence electrons. The van der Waals surface area contributed by atoms with Gasteiger partial charge in [-0.05, 0) is 49.2 Å². The van der Waals surface area contributed by atoms with E-state index in [0.717, 1.165) is 18.5 Å². The van der Waals surface area contributed by atoms with Gasteiger partial charge in [-0.3, -0.25) is 14.6 Å². The Morgan fingerprint density at radius 1 is 1.12 bits per heavy atom. The number of anilines is 1. The monoisotopic (exact) mass is 340 g/mol. The van der Waals surface area contributed by atoms with Gasteiger partial charge in [0, 0.05) is 11.9 Å². The lowest BCUT2D eigenvalue weighted by molar-refractivity contribution is -0.153. The van der Waals surface area contributed by atoms with E-state index in [2.05, 4.69) is 10.3 Å². The third-order valence-corrected chi connectivity index (χ3v) is 4.53. The Morgan fingerprint density at radius 3 is 2.44 bits per heavy atom. The fourth-order valence-corrected chi connectivity index (χ4v) is 3.04. The molecule has 6 heteroatoms. The lowest BCUT2D eigenvalue weighted by Gasteiger charge is -2.22. The van der Waals surface area contributed by atoms with Gasteiger partial charge < -0.3 is 15.2 Å². The van der Waals surface area contributed by atoms with Gasteiger partial charge in [-0.15, -0.1) is 0 Å². The van der Waals surface area contributed by atoms with E-state index in [1.165, 1.54) is 0 Å². The van der Waals surface area contributed by atoms with Crippen LogP contribution in [0.3, 0.4) is 0 Å². The number of aromatic nitrogens is 1. The maximum atomic E-state index is 12.4. The van der Waals surface area contributed by atoms with E-state index in [4.69, 9.17) is 4.74 Å². The quantitative estimate of drug-likeness (QED) is 0.788. The molecule has 6 nitrogen and oxygen atoms in total. The largest absolute Gasteiger partial charge is 0.487 e. The number of hydrogen-bond donors (Lipinski definition) is 2. The second-order valence-corrected chi connectivity index (χ2v) is 6.18. The minimum absolute atomic E-state index is 0.356. The van der Waals surface area contributed by atoms with Gasteiger partial charge in [0.25, 0.3) is 0 Å². The Morgan fingerprint density at radius 2 is 1.84 bits per heavy atom. The van der Waals surface area contributed by atoms with Gasteiger partial charge >= 0.3 is 5.97 Å². The molecule has 0 aliphatic heterocycles. The molecule has 3 rings (SSSR count). The van der Waals surface area contributed by atoms with Gasteiger partial charge in [0.2, 0.25) is 5.91 Å². The summed E-state index contributed by atoms with van der Waals surface area (Å²) in [6.07, 6.45) is 4.01. The SMILES string of the molecule is O=C(O)C1(C(=O)Nc2ccc(OCc3ccccn3)cc2)CCCC1. The molecule has 1 fully saturated rings. The number of nitrogens with one attached hydrogen (secondary N) is 1. The van der Waals surface area contributed by atoms with Crippen molar-refractivity contribution in [1.82, 2.24) is 4.98 Å². The fraction of sp³-hybridized carbons (Fsp3) is 0.316. The van der Waals surface area contributed by atoms with Crippen LogP contribution in [0.5, 0.6) is 5.75 Å². The van der Waals surface area contributed by atoms with Crippen LogP contribution in [0.2, 0.25) is 0 Å². The van der Waals surface area contributed by atoms with Crippen molar-refractivity contribution in [3.05, 3.63) is 54.4 Å². The first-order valence-corrected chi connectivity index (χ1v) is 8.28. The molecular formula is C19H20N2O4. The minimum atomic E-state index is -1.30. The summed E-state index contributed by atoms with van der Waals surface area (Å²) in [7, 11) is 0. The summed E-state index contributed by atoms with van der Waals surface area (Å²) in [5.41, 5.74) is 0.0842. The number of nitrogens with zero attached hydrogens (tertiary/aromatic N) is 1. The van der Waals surface area contributed by atoms with Crippen LogP contribution in [-0.4, -0.2) is 22.0 Å². The molecule has 0 unspecified atom stereocenters.